The van der Waals surface area contributed by atoms with Gasteiger partial charge in [0.05, 0.1) is 6.10 Å². The van der Waals surface area contributed by atoms with E-state index in [-0.39, 0.29) is 11.9 Å². The molecular formula is C19H26F2O. The first kappa shape index (κ1) is 17.0. The van der Waals surface area contributed by atoms with Crippen molar-refractivity contribution in [3.8, 4) is 5.75 Å². The second-order valence-corrected chi connectivity index (χ2v) is 6.47. The lowest BCUT2D eigenvalue weighted by molar-refractivity contribution is 0.150. The number of allylic oxidation sites excluding steroid dienone is 1. The molecule has 0 bridgehead atoms. The fourth-order valence-corrected chi connectivity index (χ4v) is 3.07. The van der Waals surface area contributed by atoms with Crippen LogP contribution in [-0.4, -0.2) is 6.10 Å². The van der Waals surface area contributed by atoms with E-state index in [9.17, 15) is 8.78 Å². The van der Waals surface area contributed by atoms with Gasteiger partial charge in [0.15, 0.2) is 11.6 Å². The van der Waals surface area contributed by atoms with Crippen LogP contribution in [0.3, 0.4) is 0 Å². The molecular weight excluding hydrogens is 282 g/mol. The Bertz CT molecular complexity index is 572. The molecule has 1 atom stereocenters. The third kappa shape index (κ3) is 3.50. The Morgan fingerprint density at radius 2 is 1.95 bits per heavy atom. The zero-order valence-corrected chi connectivity index (χ0v) is 14.1. The number of hydrogen-bond donors (Lipinski definition) is 0. The van der Waals surface area contributed by atoms with Crippen molar-refractivity contribution in [3.05, 3.63) is 33.9 Å². The van der Waals surface area contributed by atoms with Crippen molar-refractivity contribution < 1.29 is 13.5 Å². The van der Waals surface area contributed by atoms with Gasteiger partial charge in [-0.3, -0.25) is 0 Å². The minimum absolute atomic E-state index is 0.00945. The van der Waals surface area contributed by atoms with Crippen molar-refractivity contribution in [2.24, 2.45) is 0 Å². The normalized spacial score (nSPS) is 16.9. The summed E-state index contributed by atoms with van der Waals surface area (Å²) in [7, 11) is 0. The molecule has 0 saturated carbocycles. The SMILES string of the molecule is CCCCCC1CCc2c(C=C(C)C)c(C)c(F)c(F)c2O1. The average Bonchev–Trinajstić information content (AvgIpc) is 2.49. The fourth-order valence-electron chi connectivity index (χ4n) is 3.07. The van der Waals surface area contributed by atoms with Gasteiger partial charge in [-0.1, -0.05) is 31.4 Å². The number of ether oxygens (including phenoxy) is 1. The van der Waals surface area contributed by atoms with Crippen LogP contribution >= 0.6 is 0 Å². The summed E-state index contributed by atoms with van der Waals surface area (Å²) in [6, 6.07) is 0. The van der Waals surface area contributed by atoms with Gasteiger partial charge in [0, 0.05) is 5.56 Å². The molecule has 3 heteroatoms. The quantitative estimate of drug-likeness (QED) is 0.609. The second kappa shape index (κ2) is 7.26. The number of fused-ring (bicyclic) bond motifs is 1. The molecule has 1 aromatic carbocycles. The molecule has 1 heterocycles. The number of benzene rings is 1. The Hall–Kier alpha value is -1.38. The van der Waals surface area contributed by atoms with Gasteiger partial charge in [-0.25, -0.2) is 4.39 Å². The van der Waals surface area contributed by atoms with Gasteiger partial charge in [0.25, 0.3) is 0 Å². The molecule has 0 aliphatic carbocycles. The van der Waals surface area contributed by atoms with Crippen LogP contribution < -0.4 is 4.74 Å². The highest BCUT2D eigenvalue weighted by atomic mass is 19.2. The van der Waals surface area contributed by atoms with Gasteiger partial charge >= 0.3 is 0 Å². The number of hydrogen-bond acceptors (Lipinski definition) is 1. The zero-order valence-electron chi connectivity index (χ0n) is 14.1. The third-order valence-electron chi connectivity index (χ3n) is 4.29. The predicted octanol–water partition coefficient (Wildman–Crippen LogP) is 5.97. The van der Waals surface area contributed by atoms with Crippen LogP contribution in [0.4, 0.5) is 8.78 Å². The van der Waals surface area contributed by atoms with E-state index in [4.69, 9.17) is 4.74 Å². The molecule has 122 valence electrons. The molecule has 1 aliphatic rings. The first-order valence-corrected chi connectivity index (χ1v) is 8.27. The molecule has 0 saturated heterocycles. The minimum Gasteiger partial charge on any atom is -0.487 e. The van der Waals surface area contributed by atoms with Crippen molar-refractivity contribution in [1.29, 1.82) is 0 Å². The predicted molar refractivity (Wildman–Crippen MR) is 87.3 cm³/mol. The van der Waals surface area contributed by atoms with Gasteiger partial charge in [0.1, 0.15) is 0 Å². The summed E-state index contributed by atoms with van der Waals surface area (Å²) in [6.45, 7) is 7.72. The lowest BCUT2D eigenvalue weighted by Crippen LogP contribution is -2.25. The van der Waals surface area contributed by atoms with E-state index in [1.54, 1.807) is 6.92 Å². The van der Waals surface area contributed by atoms with Crippen LogP contribution in [0.2, 0.25) is 0 Å². The highest BCUT2D eigenvalue weighted by molar-refractivity contribution is 5.64. The summed E-state index contributed by atoms with van der Waals surface area (Å²) < 4.78 is 34.3. The first-order chi connectivity index (χ1) is 10.5. The monoisotopic (exact) mass is 308 g/mol. The molecule has 0 radical (unpaired) electrons. The number of rotatable bonds is 5. The van der Waals surface area contributed by atoms with Gasteiger partial charge in [-0.05, 0) is 57.6 Å². The highest BCUT2D eigenvalue weighted by Crippen LogP contribution is 2.38. The summed E-state index contributed by atoms with van der Waals surface area (Å²) in [5.41, 5.74) is 3.07. The topological polar surface area (TPSA) is 9.23 Å². The van der Waals surface area contributed by atoms with E-state index >= 15 is 0 Å². The van der Waals surface area contributed by atoms with Crippen molar-refractivity contribution in [3.63, 3.8) is 0 Å². The van der Waals surface area contributed by atoms with E-state index in [2.05, 4.69) is 6.92 Å². The maximum Gasteiger partial charge on any atom is 0.201 e. The summed E-state index contributed by atoms with van der Waals surface area (Å²) in [6.07, 6.45) is 7.87. The number of unbranched alkanes of at least 4 members (excludes halogenated alkanes) is 2. The van der Waals surface area contributed by atoms with E-state index in [1.807, 2.05) is 19.9 Å². The molecule has 0 spiro atoms. The smallest absolute Gasteiger partial charge is 0.201 e. The van der Waals surface area contributed by atoms with Crippen LogP contribution in [0, 0.1) is 18.6 Å². The largest absolute Gasteiger partial charge is 0.487 e. The van der Waals surface area contributed by atoms with Crippen LogP contribution in [0.25, 0.3) is 6.08 Å². The summed E-state index contributed by atoms with van der Waals surface area (Å²) in [5.74, 6) is -1.46. The number of halogens is 2. The van der Waals surface area contributed by atoms with E-state index in [1.165, 1.54) is 0 Å². The molecule has 0 amide bonds. The van der Waals surface area contributed by atoms with Crippen LogP contribution in [0.5, 0.6) is 5.75 Å². The van der Waals surface area contributed by atoms with Crippen LogP contribution in [0.1, 0.15) is 69.6 Å². The maximum atomic E-state index is 14.3. The van der Waals surface area contributed by atoms with E-state index < -0.39 is 11.6 Å². The minimum atomic E-state index is -0.821. The third-order valence-corrected chi connectivity index (χ3v) is 4.29. The highest BCUT2D eigenvalue weighted by Gasteiger charge is 2.28. The second-order valence-electron chi connectivity index (χ2n) is 6.47. The molecule has 0 aromatic heterocycles. The maximum absolute atomic E-state index is 14.3. The van der Waals surface area contributed by atoms with Gasteiger partial charge < -0.3 is 4.74 Å². The van der Waals surface area contributed by atoms with Gasteiger partial charge in [-0.2, -0.15) is 4.39 Å². The zero-order chi connectivity index (χ0) is 16.3. The molecule has 22 heavy (non-hydrogen) atoms. The Balaban J connectivity index is 2.35. The molecule has 1 aromatic rings. The average molecular weight is 308 g/mol. The van der Waals surface area contributed by atoms with E-state index in [0.717, 1.165) is 55.2 Å². The summed E-state index contributed by atoms with van der Waals surface area (Å²) in [5, 5.41) is 0. The van der Waals surface area contributed by atoms with Crippen molar-refractivity contribution in [2.45, 2.75) is 72.3 Å². The molecule has 0 N–H and O–H groups in total. The van der Waals surface area contributed by atoms with Crippen molar-refractivity contribution in [1.82, 2.24) is 0 Å². The lowest BCUT2D eigenvalue weighted by atomic mass is 9.91. The van der Waals surface area contributed by atoms with Crippen LogP contribution in [0.15, 0.2) is 5.57 Å². The molecule has 1 aliphatic heterocycles. The Morgan fingerprint density at radius 1 is 1.23 bits per heavy atom. The molecule has 1 nitrogen and oxygen atoms in total. The van der Waals surface area contributed by atoms with Crippen molar-refractivity contribution >= 4 is 6.08 Å². The van der Waals surface area contributed by atoms with Crippen LogP contribution in [-0.2, 0) is 6.42 Å². The summed E-state index contributed by atoms with van der Waals surface area (Å²) in [4.78, 5) is 0. The fraction of sp³-hybridized carbons (Fsp3) is 0.579. The molecule has 1 unspecified atom stereocenters. The standard InChI is InChI=1S/C19H26F2O/c1-5-6-7-8-14-9-10-15-16(11-12(2)3)13(4)17(20)18(21)19(15)22-14/h11,14H,5-10H2,1-4H3. The Kier molecular flexibility index (Phi) is 5.60. The van der Waals surface area contributed by atoms with Gasteiger partial charge in [0.2, 0.25) is 5.82 Å². The van der Waals surface area contributed by atoms with E-state index in [0.29, 0.717) is 5.56 Å². The molecule has 2 rings (SSSR count). The van der Waals surface area contributed by atoms with Crippen molar-refractivity contribution in [2.75, 3.05) is 0 Å². The van der Waals surface area contributed by atoms with Gasteiger partial charge in [-0.15, -0.1) is 0 Å². The Labute approximate surface area is 132 Å². The first-order valence-electron chi connectivity index (χ1n) is 8.27. The Morgan fingerprint density at radius 3 is 2.59 bits per heavy atom. The molecule has 0 fully saturated rings. The lowest BCUT2D eigenvalue weighted by Gasteiger charge is -2.29. The summed E-state index contributed by atoms with van der Waals surface area (Å²) >= 11 is 0.